The van der Waals surface area contributed by atoms with Gasteiger partial charge in [0.2, 0.25) is 5.91 Å². The first-order valence-corrected chi connectivity index (χ1v) is 5.44. The Bertz CT molecular complexity index is 119. The number of hydrogen-bond acceptors (Lipinski definition) is 2. The fourth-order valence-corrected chi connectivity index (χ4v) is 1.50. The van der Waals surface area contributed by atoms with Crippen LogP contribution >= 0.6 is 8.73 Å². The van der Waals surface area contributed by atoms with Crippen LogP contribution in [0.25, 0.3) is 0 Å². The van der Waals surface area contributed by atoms with Crippen LogP contribution in [-0.2, 0) is 4.79 Å². The van der Waals surface area contributed by atoms with Gasteiger partial charge in [0.15, 0.2) is 0 Å². The molecule has 3 N–H and O–H groups in total. The Kier molecular flexibility index (Phi) is 6.48. The molecule has 0 aromatic heterocycles. The molecule has 0 aliphatic rings. The van der Waals surface area contributed by atoms with E-state index in [-0.39, 0.29) is 11.9 Å². The molecule has 0 radical (unpaired) electrons. The number of primary amides is 1. The molecule has 4 heteroatoms. The Hall–Kier alpha value is -0.140. The summed E-state index contributed by atoms with van der Waals surface area (Å²) in [5.74, 6) is -0.229. The van der Waals surface area contributed by atoms with E-state index in [1.807, 2.05) is 6.66 Å². The second kappa shape index (κ2) is 6.56. The largest absolute Gasteiger partial charge is 0.368 e. The van der Waals surface area contributed by atoms with Crippen molar-refractivity contribution in [1.29, 1.82) is 0 Å². The van der Waals surface area contributed by atoms with Gasteiger partial charge in [0.25, 0.3) is 0 Å². The maximum atomic E-state index is 10.8. The number of carbonyl (C=O) groups excluding carboxylic acids is 1. The van der Waals surface area contributed by atoms with Gasteiger partial charge in [-0.15, -0.1) is 0 Å². The van der Waals surface area contributed by atoms with E-state index in [4.69, 9.17) is 5.73 Å². The topological polar surface area (TPSA) is 55.1 Å². The van der Waals surface area contributed by atoms with Crippen molar-refractivity contribution in [2.75, 3.05) is 6.66 Å². The molecule has 66 valence electrons. The van der Waals surface area contributed by atoms with Crippen LogP contribution in [0.5, 0.6) is 0 Å². The summed E-state index contributed by atoms with van der Waals surface area (Å²) in [6, 6.07) is -0.113. The first-order valence-electron chi connectivity index (χ1n) is 3.94. The van der Waals surface area contributed by atoms with E-state index < -0.39 is 0 Å². The fraction of sp³-hybridized carbons (Fsp3) is 0.857. The normalized spacial score (nSPS) is 14.0. The molecular formula is C7H17N2OP. The van der Waals surface area contributed by atoms with Crippen LogP contribution in [0.15, 0.2) is 0 Å². The Morgan fingerprint density at radius 2 is 2.36 bits per heavy atom. The molecule has 2 atom stereocenters. The summed E-state index contributed by atoms with van der Waals surface area (Å²) in [5, 5.41) is 3.07. The zero-order valence-corrected chi connectivity index (χ0v) is 8.18. The first-order chi connectivity index (χ1) is 5.22. The molecule has 11 heavy (non-hydrogen) atoms. The number of unbranched alkanes of at least 4 members (excludes halogenated alkanes) is 1. The van der Waals surface area contributed by atoms with Crippen molar-refractivity contribution in [3.63, 3.8) is 0 Å². The summed E-state index contributed by atoms with van der Waals surface area (Å²) in [5.41, 5.74) is 5.17. The van der Waals surface area contributed by atoms with Gasteiger partial charge in [-0.25, -0.2) is 0 Å². The molecule has 0 saturated carbocycles. The van der Waals surface area contributed by atoms with Gasteiger partial charge in [-0.1, -0.05) is 28.5 Å². The first kappa shape index (κ1) is 10.9. The van der Waals surface area contributed by atoms with E-state index in [0.29, 0.717) is 8.73 Å². The molecule has 3 nitrogen and oxygen atoms in total. The highest BCUT2D eigenvalue weighted by atomic mass is 31.1. The molecule has 0 fully saturated rings. The number of carbonyl (C=O) groups is 1. The van der Waals surface area contributed by atoms with Crippen molar-refractivity contribution < 1.29 is 4.79 Å². The molecule has 0 heterocycles. The average molecular weight is 176 g/mol. The van der Waals surface area contributed by atoms with E-state index in [9.17, 15) is 4.79 Å². The van der Waals surface area contributed by atoms with Crippen molar-refractivity contribution >= 4 is 14.6 Å². The maximum absolute atomic E-state index is 10.8. The molecule has 0 spiro atoms. The second-order valence-electron chi connectivity index (χ2n) is 2.49. The zero-order chi connectivity index (χ0) is 8.69. The van der Waals surface area contributed by atoms with Crippen molar-refractivity contribution in [2.24, 2.45) is 5.73 Å². The molecule has 1 amide bonds. The highest BCUT2D eigenvalue weighted by Gasteiger charge is 2.11. The predicted molar refractivity (Wildman–Crippen MR) is 49.9 cm³/mol. The molecule has 0 saturated heterocycles. The molecule has 0 aromatic rings. The molecule has 0 aliphatic heterocycles. The molecule has 0 aromatic carbocycles. The third kappa shape index (κ3) is 5.16. The molecule has 2 unspecified atom stereocenters. The fourth-order valence-electron chi connectivity index (χ4n) is 0.868. The van der Waals surface area contributed by atoms with Gasteiger partial charge in [0, 0.05) is 0 Å². The summed E-state index contributed by atoms with van der Waals surface area (Å²) in [6.45, 7) is 4.11. The van der Waals surface area contributed by atoms with Gasteiger partial charge in [-0.3, -0.25) is 9.88 Å². The lowest BCUT2D eigenvalue weighted by molar-refractivity contribution is -0.119. The Morgan fingerprint density at radius 3 is 2.73 bits per heavy atom. The minimum Gasteiger partial charge on any atom is -0.368 e. The quantitative estimate of drug-likeness (QED) is 0.589. The van der Waals surface area contributed by atoms with E-state index in [1.54, 1.807) is 0 Å². The van der Waals surface area contributed by atoms with Crippen LogP contribution < -0.4 is 10.8 Å². The summed E-state index contributed by atoms with van der Waals surface area (Å²) in [7, 11) is 0.591. The SMILES string of the molecule is CCCCC(NPC)C(N)=O. The molecule has 0 aliphatic carbocycles. The Balaban J connectivity index is 3.60. The van der Waals surface area contributed by atoms with Gasteiger partial charge in [-0.05, 0) is 13.1 Å². The number of rotatable bonds is 6. The van der Waals surface area contributed by atoms with Crippen molar-refractivity contribution in [3.05, 3.63) is 0 Å². The monoisotopic (exact) mass is 176 g/mol. The summed E-state index contributed by atoms with van der Waals surface area (Å²) in [6.07, 6.45) is 3.04. The lowest BCUT2D eigenvalue weighted by Gasteiger charge is -2.12. The number of nitrogens with one attached hydrogen (secondary N) is 1. The van der Waals surface area contributed by atoms with Crippen LogP contribution in [-0.4, -0.2) is 18.6 Å². The van der Waals surface area contributed by atoms with Crippen LogP contribution in [0.3, 0.4) is 0 Å². The van der Waals surface area contributed by atoms with E-state index in [2.05, 4.69) is 12.0 Å². The minimum atomic E-state index is -0.229. The van der Waals surface area contributed by atoms with Gasteiger partial charge >= 0.3 is 0 Å². The summed E-state index contributed by atoms with van der Waals surface area (Å²) >= 11 is 0. The maximum Gasteiger partial charge on any atom is 0.234 e. The number of nitrogens with two attached hydrogens (primary N) is 1. The minimum absolute atomic E-state index is 0.113. The molecule has 0 bridgehead atoms. The van der Waals surface area contributed by atoms with Gasteiger partial charge in [0.1, 0.15) is 0 Å². The lowest BCUT2D eigenvalue weighted by Crippen LogP contribution is -2.36. The van der Waals surface area contributed by atoms with Crippen molar-refractivity contribution in [2.45, 2.75) is 32.2 Å². The highest BCUT2D eigenvalue weighted by Crippen LogP contribution is 2.05. The van der Waals surface area contributed by atoms with E-state index >= 15 is 0 Å². The molecule has 0 rings (SSSR count). The van der Waals surface area contributed by atoms with Crippen LogP contribution in [0.2, 0.25) is 0 Å². The third-order valence-electron chi connectivity index (χ3n) is 1.51. The third-order valence-corrected chi connectivity index (χ3v) is 2.15. The van der Waals surface area contributed by atoms with Gasteiger partial charge in [-0.2, -0.15) is 0 Å². The second-order valence-corrected chi connectivity index (χ2v) is 3.28. The average Bonchev–Trinajstić information content (AvgIpc) is 1.97. The number of hydrogen-bond donors (Lipinski definition) is 2. The lowest BCUT2D eigenvalue weighted by atomic mass is 10.1. The van der Waals surface area contributed by atoms with Crippen molar-refractivity contribution in [1.82, 2.24) is 5.09 Å². The Labute approximate surface area is 70.0 Å². The van der Waals surface area contributed by atoms with Crippen LogP contribution in [0.4, 0.5) is 0 Å². The molecular weight excluding hydrogens is 159 g/mol. The summed E-state index contributed by atoms with van der Waals surface area (Å²) < 4.78 is 0. The van der Waals surface area contributed by atoms with Gasteiger partial charge in [0.05, 0.1) is 6.04 Å². The highest BCUT2D eigenvalue weighted by molar-refractivity contribution is 7.34. The summed E-state index contributed by atoms with van der Waals surface area (Å²) in [4.78, 5) is 10.8. The standard InChI is InChI=1S/C7H17N2OP/c1-3-4-5-6(7(8)10)9-11-2/h6,9,11H,3-5H2,1-2H3,(H2,8,10). The van der Waals surface area contributed by atoms with E-state index in [1.165, 1.54) is 0 Å². The van der Waals surface area contributed by atoms with Crippen LogP contribution in [0, 0.1) is 0 Å². The predicted octanol–water partition coefficient (Wildman–Crippen LogP) is 0.843. The smallest absolute Gasteiger partial charge is 0.234 e. The number of amides is 1. The Morgan fingerprint density at radius 1 is 1.73 bits per heavy atom. The van der Waals surface area contributed by atoms with Gasteiger partial charge < -0.3 is 5.73 Å². The van der Waals surface area contributed by atoms with Crippen molar-refractivity contribution in [3.8, 4) is 0 Å². The van der Waals surface area contributed by atoms with E-state index in [0.717, 1.165) is 19.3 Å². The van der Waals surface area contributed by atoms with Crippen LogP contribution in [0.1, 0.15) is 26.2 Å². The zero-order valence-electron chi connectivity index (χ0n) is 7.18.